The summed E-state index contributed by atoms with van der Waals surface area (Å²) in [5, 5.41) is 12.8. The number of aliphatic carboxylic acids is 1. The van der Waals surface area contributed by atoms with Gasteiger partial charge in [-0.05, 0) is 25.0 Å². The summed E-state index contributed by atoms with van der Waals surface area (Å²) in [5.74, 6) is -0.826. The van der Waals surface area contributed by atoms with Crippen LogP contribution in [0, 0.1) is 6.92 Å². The van der Waals surface area contributed by atoms with Crippen LogP contribution in [0.1, 0.15) is 25.3 Å². The van der Waals surface area contributed by atoms with Crippen molar-refractivity contribution in [3.05, 3.63) is 23.8 Å². The van der Waals surface area contributed by atoms with E-state index in [-0.39, 0.29) is 0 Å². The Morgan fingerprint density at radius 1 is 1.56 bits per heavy atom. The minimum atomic E-state index is -0.826. The molecule has 1 heterocycles. The highest BCUT2D eigenvalue weighted by atomic mass is 32.1. The highest BCUT2D eigenvalue weighted by molar-refractivity contribution is 7.22. The number of nitrogens with one attached hydrogen (secondary N) is 1. The van der Waals surface area contributed by atoms with Crippen LogP contribution in [0.2, 0.25) is 0 Å². The molecule has 0 aliphatic carbocycles. The van der Waals surface area contributed by atoms with Crippen LogP contribution in [0.25, 0.3) is 10.2 Å². The van der Waals surface area contributed by atoms with Crippen molar-refractivity contribution in [3.8, 4) is 0 Å². The van der Waals surface area contributed by atoms with Gasteiger partial charge < -0.3 is 10.4 Å². The summed E-state index contributed by atoms with van der Waals surface area (Å²) in [5.41, 5.74) is 2.09. The van der Waals surface area contributed by atoms with Crippen LogP contribution in [-0.2, 0) is 4.79 Å². The molecule has 5 heteroatoms. The van der Waals surface area contributed by atoms with Crippen molar-refractivity contribution in [2.45, 2.75) is 32.7 Å². The zero-order chi connectivity index (χ0) is 13.1. The van der Waals surface area contributed by atoms with Crippen molar-refractivity contribution < 1.29 is 9.90 Å². The maximum absolute atomic E-state index is 11.1. The average molecular weight is 264 g/mol. The molecule has 2 rings (SSSR count). The Bertz CT molecular complexity index is 565. The second-order valence-corrected chi connectivity index (χ2v) is 5.27. The molecule has 4 nitrogen and oxygen atoms in total. The van der Waals surface area contributed by atoms with E-state index in [1.54, 1.807) is 0 Å². The molecule has 18 heavy (non-hydrogen) atoms. The van der Waals surface area contributed by atoms with Crippen LogP contribution in [0.3, 0.4) is 0 Å². The average Bonchev–Trinajstić information content (AvgIpc) is 2.72. The number of aryl methyl sites for hydroxylation is 1. The molecule has 0 fully saturated rings. The van der Waals surface area contributed by atoms with E-state index in [0.717, 1.165) is 16.6 Å². The van der Waals surface area contributed by atoms with E-state index in [2.05, 4.69) is 10.3 Å². The normalized spacial score (nSPS) is 12.6. The van der Waals surface area contributed by atoms with Crippen LogP contribution in [0.4, 0.5) is 5.13 Å². The largest absolute Gasteiger partial charge is 0.480 e. The second-order valence-electron chi connectivity index (χ2n) is 4.27. The van der Waals surface area contributed by atoms with Crippen molar-refractivity contribution in [2.75, 3.05) is 5.32 Å². The van der Waals surface area contributed by atoms with Gasteiger partial charge in [0.15, 0.2) is 5.13 Å². The van der Waals surface area contributed by atoms with E-state index >= 15 is 0 Å². The number of carboxylic acid groups (broad SMARTS) is 1. The Kier molecular flexibility index (Phi) is 3.81. The fourth-order valence-electron chi connectivity index (χ4n) is 1.84. The molecule has 2 aromatic rings. The highest BCUT2D eigenvalue weighted by Gasteiger charge is 2.17. The van der Waals surface area contributed by atoms with Crippen molar-refractivity contribution >= 4 is 32.7 Å². The molecule has 0 saturated carbocycles. The summed E-state index contributed by atoms with van der Waals surface area (Å²) in [6, 6.07) is 5.38. The molecule has 0 bridgehead atoms. The Morgan fingerprint density at radius 3 is 2.94 bits per heavy atom. The van der Waals surface area contributed by atoms with Gasteiger partial charge in [0.05, 0.1) is 10.2 Å². The topological polar surface area (TPSA) is 62.2 Å². The fourth-order valence-corrected chi connectivity index (χ4v) is 2.83. The zero-order valence-electron chi connectivity index (χ0n) is 10.4. The predicted octanol–water partition coefficient (Wildman–Crippen LogP) is 3.27. The zero-order valence-corrected chi connectivity index (χ0v) is 11.3. The van der Waals surface area contributed by atoms with Crippen LogP contribution in [-0.4, -0.2) is 22.1 Å². The van der Waals surface area contributed by atoms with Gasteiger partial charge in [0.25, 0.3) is 0 Å². The lowest BCUT2D eigenvalue weighted by Gasteiger charge is -2.11. The van der Waals surface area contributed by atoms with Crippen LogP contribution < -0.4 is 5.32 Å². The van der Waals surface area contributed by atoms with E-state index < -0.39 is 12.0 Å². The summed E-state index contributed by atoms with van der Waals surface area (Å²) in [7, 11) is 0. The van der Waals surface area contributed by atoms with Gasteiger partial charge in [-0.2, -0.15) is 0 Å². The van der Waals surface area contributed by atoms with E-state index in [9.17, 15) is 4.79 Å². The van der Waals surface area contributed by atoms with Crippen molar-refractivity contribution in [3.63, 3.8) is 0 Å². The maximum Gasteiger partial charge on any atom is 0.326 e. The number of hydrogen-bond donors (Lipinski definition) is 2. The van der Waals surface area contributed by atoms with Gasteiger partial charge in [0, 0.05) is 0 Å². The number of rotatable bonds is 5. The lowest BCUT2D eigenvalue weighted by molar-refractivity contribution is -0.138. The molecular formula is C13H16N2O2S. The van der Waals surface area contributed by atoms with Gasteiger partial charge in [-0.3, -0.25) is 0 Å². The number of nitrogens with zero attached hydrogens (tertiary/aromatic N) is 1. The van der Waals surface area contributed by atoms with Crippen molar-refractivity contribution in [1.29, 1.82) is 0 Å². The Hall–Kier alpha value is -1.62. The van der Waals surface area contributed by atoms with E-state index in [1.807, 2.05) is 32.0 Å². The second kappa shape index (κ2) is 5.35. The number of hydrogen-bond acceptors (Lipinski definition) is 4. The fraction of sp³-hybridized carbons (Fsp3) is 0.385. The first kappa shape index (κ1) is 12.8. The molecule has 1 unspecified atom stereocenters. The summed E-state index contributed by atoms with van der Waals surface area (Å²) >= 11 is 1.51. The third-order valence-electron chi connectivity index (χ3n) is 2.79. The number of carboxylic acids is 1. The number of fused-ring (bicyclic) bond motifs is 1. The minimum absolute atomic E-state index is 0.559. The lowest BCUT2D eigenvalue weighted by Crippen LogP contribution is -2.28. The van der Waals surface area contributed by atoms with Crippen molar-refractivity contribution in [2.24, 2.45) is 0 Å². The third-order valence-corrected chi connectivity index (χ3v) is 3.92. The van der Waals surface area contributed by atoms with Gasteiger partial charge in [-0.1, -0.05) is 36.8 Å². The van der Waals surface area contributed by atoms with Crippen molar-refractivity contribution in [1.82, 2.24) is 4.98 Å². The quantitative estimate of drug-likeness (QED) is 0.870. The minimum Gasteiger partial charge on any atom is -0.480 e. The third kappa shape index (κ3) is 2.61. The molecule has 0 aliphatic rings. The molecule has 1 aromatic heterocycles. The number of benzene rings is 1. The first-order chi connectivity index (χ1) is 8.61. The number of aromatic nitrogens is 1. The monoisotopic (exact) mass is 264 g/mol. The van der Waals surface area contributed by atoms with Gasteiger partial charge in [-0.25, -0.2) is 9.78 Å². The molecule has 2 N–H and O–H groups in total. The summed E-state index contributed by atoms with van der Waals surface area (Å²) in [4.78, 5) is 15.5. The lowest BCUT2D eigenvalue weighted by atomic mass is 10.2. The summed E-state index contributed by atoms with van der Waals surface area (Å²) in [6.07, 6.45) is 1.43. The highest BCUT2D eigenvalue weighted by Crippen LogP contribution is 2.29. The van der Waals surface area contributed by atoms with Crippen LogP contribution in [0.15, 0.2) is 18.2 Å². The summed E-state index contributed by atoms with van der Waals surface area (Å²) < 4.78 is 1.11. The Morgan fingerprint density at radius 2 is 2.33 bits per heavy atom. The van der Waals surface area contributed by atoms with Crippen LogP contribution in [0.5, 0.6) is 0 Å². The van der Waals surface area contributed by atoms with Gasteiger partial charge in [0.1, 0.15) is 6.04 Å². The van der Waals surface area contributed by atoms with Crippen LogP contribution >= 0.6 is 11.3 Å². The number of thiazole rings is 1. The smallest absolute Gasteiger partial charge is 0.326 e. The Labute approximate surface area is 110 Å². The van der Waals surface area contributed by atoms with Gasteiger partial charge in [0.2, 0.25) is 0 Å². The molecule has 1 atom stereocenters. The maximum atomic E-state index is 11.1. The predicted molar refractivity (Wildman–Crippen MR) is 74.3 cm³/mol. The molecule has 0 amide bonds. The molecule has 1 aromatic carbocycles. The molecule has 0 saturated heterocycles. The standard InChI is InChI=1S/C13H16N2O2S/c1-3-5-10(12(16)17)15-13-14-9-7-4-6-8(2)11(9)18-13/h4,6-7,10H,3,5H2,1-2H3,(H,14,15)(H,16,17). The number of anilines is 1. The number of carbonyl (C=O) groups is 1. The summed E-state index contributed by atoms with van der Waals surface area (Å²) in [6.45, 7) is 4.01. The molecule has 0 aliphatic heterocycles. The van der Waals surface area contributed by atoms with E-state index in [0.29, 0.717) is 11.6 Å². The molecule has 96 valence electrons. The SMILES string of the molecule is CCCC(Nc1nc2cccc(C)c2s1)C(=O)O. The molecule has 0 radical (unpaired) electrons. The van der Waals surface area contributed by atoms with Gasteiger partial charge in [-0.15, -0.1) is 0 Å². The first-order valence-electron chi connectivity index (χ1n) is 5.97. The first-order valence-corrected chi connectivity index (χ1v) is 6.79. The Balaban J connectivity index is 2.26. The van der Waals surface area contributed by atoms with E-state index in [4.69, 9.17) is 5.11 Å². The van der Waals surface area contributed by atoms with E-state index in [1.165, 1.54) is 16.9 Å². The molecule has 0 spiro atoms. The molecular weight excluding hydrogens is 248 g/mol. The van der Waals surface area contributed by atoms with Gasteiger partial charge >= 0.3 is 5.97 Å².